The smallest absolute Gasteiger partial charge is 0.366 e. The molecule has 4 heteroatoms. The van der Waals surface area contributed by atoms with E-state index in [0.717, 1.165) is 13.3 Å². The van der Waals surface area contributed by atoms with Crippen LogP contribution in [0.3, 0.4) is 0 Å². The quantitative estimate of drug-likeness (QED) is 0.652. The number of alkyl halides is 3. The molecule has 2 atom stereocenters. The van der Waals surface area contributed by atoms with E-state index < -0.39 is 12.3 Å². The fraction of sp³-hybridized carbons (Fsp3) is 1.00. The number of ether oxygens (including phenoxy) is 1. The summed E-state index contributed by atoms with van der Waals surface area (Å²) in [5.41, 5.74) is 0. The summed E-state index contributed by atoms with van der Waals surface area (Å²) >= 11 is 0. The Labute approximate surface area is 70.9 Å². The number of rotatable bonds is 4. The molecule has 0 bridgehead atoms. The molecular formula is C8H15F3O. The topological polar surface area (TPSA) is 9.23 Å². The van der Waals surface area contributed by atoms with Crippen molar-refractivity contribution in [1.29, 1.82) is 0 Å². The van der Waals surface area contributed by atoms with Crippen LogP contribution >= 0.6 is 0 Å². The summed E-state index contributed by atoms with van der Waals surface area (Å²) in [7, 11) is 0. The first-order valence-electron chi connectivity index (χ1n) is 4.10. The minimum absolute atomic E-state index is 0.313. The van der Waals surface area contributed by atoms with Crippen LogP contribution in [0.25, 0.3) is 0 Å². The van der Waals surface area contributed by atoms with Crippen molar-refractivity contribution in [2.75, 3.05) is 0 Å². The normalized spacial score (nSPS) is 17.5. The van der Waals surface area contributed by atoms with Gasteiger partial charge in [-0.2, -0.15) is 13.2 Å². The number of hydrogen-bond donors (Lipinski definition) is 0. The fourth-order valence-corrected chi connectivity index (χ4v) is 0.900. The Morgan fingerprint density at radius 1 is 1.25 bits per heavy atom. The van der Waals surface area contributed by atoms with Crippen LogP contribution in [0.5, 0.6) is 0 Å². The molecule has 0 radical (unpaired) electrons. The molecule has 0 rings (SSSR count). The van der Waals surface area contributed by atoms with E-state index in [1.165, 1.54) is 0 Å². The third kappa shape index (κ3) is 4.59. The van der Waals surface area contributed by atoms with Gasteiger partial charge in [-0.3, -0.25) is 0 Å². The lowest BCUT2D eigenvalue weighted by atomic mass is 10.2. The maximum absolute atomic E-state index is 11.9. The first kappa shape index (κ1) is 11.8. The summed E-state index contributed by atoms with van der Waals surface area (Å²) in [6, 6.07) is 0. The first-order chi connectivity index (χ1) is 5.38. The van der Waals surface area contributed by atoms with Crippen molar-refractivity contribution >= 4 is 0 Å². The molecule has 0 amide bonds. The lowest BCUT2D eigenvalue weighted by molar-refractivity contribution is -0.225. The minimum Gasteiger partial charge on any atom is -0.366 e. The molecule has 0 aromatic carbocycles. The zero-order valence-corrected chi connectivity index (χ0v) is 7.61. The maximum Gasteiger partial charge on any atom is 0.414 e. The van der Waals surface area contributed by atoms with Gasteiger partial charge in [0.2, 0.25) is 0 Å². The van der Waals surface area contributed by atoms with Crippen LogP contribution in [-0.4, -0.2) is 18.4 Å². The molecule has 0 aromatic rings. The number of halogens is 3. The highest BCUT2D eigenvalue weighted by Gasteiger charge is 2.37. The van der Waals surface area contributed by atoms with Gasteiger partial charge in [-0.15, -0.1) is 0 Å². The summed E-state index contributed by atoms with van der Waals surface area (Å²) in [4.78, 5) is 0. The van der Waals surface area contributed by atoms with Crippen molar-refractivity contribution in [3.63, 3.8) is 0 Å². The molecule has 74 valence electrons. The standard InChI is InChI=1S/C8H15F3O/c1-4-5-6(2)12-7(3)8(9,10)11/h6-7H,4-5H2,1-3H3/t6?,7-/m1/s1. The summed E-state index contributed by atoms with van der Waals surface area (Å²) < 4.78 is 40.5. The van der Waals surface area contributed by atoms with Crippen LogP contribution < -0.4 is 0 Å². The zero-order valence-electron chi connectivity index (χ0n) is 7.61. The van der Waals surface area contributed by atoms with Crippen LogP contribution in [0.15, 0.2) is 0 Å². The van der Waals surface area contributed by atoms with Crippen LogP contribution in [0.1, 0.15) is 33.6 Å². The van der Waals surface area contributed by atoms with Crippen LogP contribution in [0.2, 0.25) is 0 Å². The third-order valence-corrected chi connectivity index (χ3v) is 1.59. The Hall–Kier alpha value is -0.250. The predicted octanol–water partition coefficient (Wildman–Crippen LogP) is 3.14. The second kappa shape index (κ2) is 4.70. The lowest BCUT2D eigenvalue weighted by Crippen LogP contribution is -2.31. The van der Waals surface area contributed by atoms with Crippen molar-refractivity contribution in [2.24, 2.45) is 0 Å². The van der Waals surface area contributed by atoms with Gasteiger partial charge in [0.05, 0.1) is 6.10 Å². The second-order valence-electron chi connectivity index (χ2n) is 2.92. The summed E-state index contributed by atoms with van der Waals surface area (Å²) in [5, 5.41) is 0. The van der Waals surface area contributed by atoms with Crippen LogP contribution in [0, 0.1) is 0 Å². The van der Waals surface area contributed by atoms with Gasteiger partial charge in [-0.25, -0.2) is 0 Å². The molecule has 0 heterocycles. The van der Waals surface area contributed by atoms with E-state index in [2.05, 4.69) is 0 Å². The molecular weight excluding hydrogens is 169 g/mol. The van der Waals surface area contributed by atoms with Gasteiger partial charge in [0.25, 0.3) is 0 Å². The van der Waals surface area contributed by atoms with Gasteiger partial charge in [0, 0.05) is 0 Å². The molecule has 12 heavy (non-hydrogen) atoms. The van der Waals surface area contributed by atoms with Gasteiger partial charge in [0.15, 0.2) is 6.10 Å². The lowest BCUT2D eigenvalue weighted by Gasteiger charge is -2.20. The first-order valence-corrected chi connectivity index (χ1v) is 4.10. The average molecular weight is 184 g/mol. The van der Waals surface area contributed by atoms with E-state index in [9.17, 15) is 13.2 Å². The Morgan fingerprint density at radius 2 is 1.75 bits per heavy atom. The summed E-state index contributed by atoms with van der Waals surface area (Å²) in [6.45, 7) is 4.61. The monoisotopic (exact) mass is 184 g/mol. The Bertz CT molecular complexity index is 122. The Balaban J connectivity index is 3.76. The minimum atomic E-state index is -4.23. The Morgan fingerprint density at radius 3 is 2.08 bits per heavy atom. The molecule has 0 saturated carbocycles. The van der Waals surface area contributed by atoms with Crippen molar-refractivity contribution in [3.05, 3.63) is 0 Å². The van der Waals surface area contributed by atoms with E-state index in [1.54, 1.807) is 6.92 Å². The van der Waals surface area contributed by atoms with E-state index >= 15 is 0 Å². The number of hydrogen-bond acceptors (Lipinski definition) is 1. The summed E-state index contributed by atoms with van der Waals surface area (Å²) in [5.74, 6) is 0. The second-order valence-corrected chi connectivity index (χ2v) is 2.92. The predicted molar refractivity (Wildman–Crippen MR) is 41.0 cm³/mol. The van der Waals surface area contributed by atoms with Gasteiger partial charge >= 0.3 is 6.18 Å². The SMILES string of the molecule is CCCC(C)O[C@H](C)C(F)(F)F. The molecule has 0 aliphatic rings. The third-order valence-electron chi connectivity index (χ3n) is 1.59. The van der Waals surface area contributed by atoms with Gasteiger partial charge in [-0.1, -0.05) is 13.3 Å². The van der Waals surface area contributed by atoms with E-state index in [0.29, 0.717) is 6.42 Å². The maximum atomic E-state index is 11.9. The molecule has 0 spiro atoms. The molecule has 0 aliphatic heterocycles. The highest BCUT2D eigenvalue weighted by molar-refractivity contribution is 4.63. The molecule has 0 saturated heterocycles. The van der Waals surface area contributed by atoms with Crippen molar-refractivity contribution in [2.45, 2.75) is 52.0 Å². The molecule has 0 N–H and O–H groups in total. The van der Waals surface area contributed by atoms with Crippen molar-refractivity contribution in [3.8, 4) is 0 Å². The van der Waals surface area contributed by atoms with Gasteiger partial charge in [0.1, 0.15) is 0 Å². The molecule has 0 fully saturated rings. The van der Waals surface area contributed by atoms with E-state index in [-0.39, 0.29) is 6.10 Å². The van der Waals surface area contributed by atoms with E-state index in [4.69, 9.17) is 4.74 Å². The highest BCUT2D eigenvalue weighted by atomic mass is 19.4. The largest absolute Gasteiger partial charge is 0.414 e. The van der Waals surface area contributed by atoms with Gasteiger partial charge < -0.3 is 4.74 Å². The van der Waals surface area contributed by atoms with Gasteiger partial charge in [-0.05, 0) is 20.3 Å². The molecule has 1 nitrogen and oxygen atoms in total. The summed E-state index contributed by atoms with van der Waals surface area (Å²) in [6.07, 6.45) is -4.69. The molecule has 0 aromatic heterocycles. The zero-order chi connectivity index (χ0) is 9.78. The van der Waals surface area contributed by atoms with Crippen molar-refractivity contribution in [1.82, 2.24) is 0 Å². The highest BCUT2D eigenvalue weighted by Crippen LogP contribution is 2.23. The average Bonchev–Trinajstić information content (AvgIpc) is 1.85. The molecule has 1 unspecified atom stereocenters. The van der Waals surface area contributed by atoms with E-state index in [1.807, 2.05) is 6.92 Å². The van der Waals surface area contributed by atoms with Crippen LogP contribution in [-0.2, 0) is 4.74 Å². The fourth-order valence-electron chi connectivity index (χ4n) is 0.900. The van der Waals surface area contributed by atoms with Crippen molar-refractivity contribution < 1.29 is 17.9 Å². The Kier molecular flexibility index (Phi) is 4.60. The van der Waals surface area contributed by atoms with Crippen LogP contribution in [0.4, 0.5) is 13.2 Å². The molecule has 0 aliphatic carbocycles.